The van der Waals surface area contributed by atoms with Gasteiger partial charge in [0.05, 0.1) is 19.8 Å². The number of amides is 3. The summed E-state index contributed by atoms with van der Waals surface area (Å²) < 4.78 is 15.8. The molecule has 0 bridgehead atoms. The molecule has 4 atom stereocenters. The molecule has 3 N–H and O–H groups in total. The second-order valence-corrected chi connectivity index (χ2v) is 11.1. The largest absolute Gasteiger partial charge is 0.497 e. The predicted octanol–water partition coefficient (Wildman–Crippen LogP) is 2.72. The Morgan fingerprint density at radius 2 is 1.43 bits per heavy atom. The molecule has 216 valence electrons. The molecule has 1 fully saturated rings. The summed E-state index contributed by atoms with van der Waals surface area (Å²) in [5.74, 6) is -0.704. The fourth-order valence-corrected chi connectivity index (χ4v) is 4.00. The smallest absolute Gasteiger partial charge is 0.408 e. The zero-order valence-corrected chi connectivity index (χ0v) is 23.9. The zero-order chi connectivity index (χ0) is 29.5. The Balaban J connectivity index is 1.79. The molecule has 1 heterocycles. The molecular weight excluding hydrogens is 514 g/mol. The van der Waals surface area contributed by atoms with Crippen molar-refractivity contribution in [2.45, 2.75) is 76.8 Å². The summed E-state index contributed by atoms with van der Waals surface area (Å²) in [6.07, 6.45) is -0.345. The van der Waals surface area contributed by atoms with Crippen molar-refractivity contribution < 1.29 is 33.4 Å². The van der Waals surface area contributed by atoms with Crippen LogP contribution in [0.5, 0.6) is 5.75 Å². The van der Waals surface area contributed by atoms with E-state index < -0.39 is 47.2 Å². The first-order valence-corrected chi connectivity index (χ1v) is 13.2. The Morgan fingerprint density at radius 1 is 0.875 bits per heavy atom. The maximum absolute atomic E-state index is 13.6. The second-order valence-electron chi connectivity index (χ2n) is 11.1. The van der Waals surface area contributed by atoms with E-state index in [-0.39, 0.29) is 25.2 Å². The van der Waals surface area contributed by atoms with Crippen molar-refractivity contribution in [2.24, 2.45) is 0 Å². The Morgan fingerprint density at radius 3 is 1.98 bits per heavy atom. The summed E-state index contributed by atoms with van der Waals surface area (Å²) in [7, 11) is 1.55. The van der Waals surface area contributed by atoms with Gasteiger partial charge in [0.1, 0.15) is 29.0 Å². The molecule has 0 aliphatic carbocycles. The van der Waals surface area contributed by atoms with Gasteiger partial charge in [-0.05, 0) is 64.3 Å². The Hall–Kier alpha value is -3.92. The number of rotatable bonds is 12. The molecule has 0 saturated carbocycles. The highest BCUT2D eigenvalue weighted by molar-refractivity contribution is 5.98. The van der Waals surface area contributed by atoms with Crippen molar-refractivity contribution in [3.8, 4) is 5.75 Å². The minimum Gasteiger partial charge on any atom is -0.497 e. The number of Topliss-reactive ketones (excluding diaryl/α,β-unsaturated/α-hetero) is 1. The quantitative estimate of drug-likeness (QED) is 0.344. The number of carbonyl (C=O) groups is 4. The maximum Gasteiger partial charge on any atom is 0.408 e. The molecule has 3 amide bonds. The summed E-state index contributed by atoms with van der Waals surface area (Å²) in [5, 5.41) is 8.07. The van der Waals surface area contributed by atoms with Gasteiger partial charge in [-0.2, -0.15) is 0 Å². The summed E-state index contributed by atoms with van der Waals surface area (Å²) in [6.45, 7) is 8.62. The summed E-state index contributed by atoms with van der Waals surface area (Å²) in [4.78, 5) is 52.2. The van der Waals surface area contributed by atoms with Crippen LogP contribution in [0.4, 0.5) is 4.79 Å². The van der Waals surface area contributed by atoms with Crippen LogP contribution in [0.15, 0.2) is 54.6 Å². The molecule has 1 aliphatic rings. The molecule has 2 aromatic carbocycles. The van der Waals surface area contributed by atoms with Crippen molar-refractivity contribution in [3.63, 3.8) is 0 Å². The highest BCUT2D eigenvalue weighted by Crippen LogP contribution is 2.29. The van der Waals surface area contributed by atoms with Crippen LogP contribution in [0, 0.1) is 0 Å². The topological polar surface area (TPSA) is 135 Å². The van der Waals surface area contributed by atoms with E-state index in [0.29, 0.717) is 5.75 Å². The van der Waals surface area contributed by atoms with Crippen LogP contribution in [-0.4, -0.2) is 66.7 Å². The van der Waals surface area contributed by atoms with E-state index in [1.165, 1.54) is 6.92 Å². The van der Waals surface area contributed by atoms with Gasteiger partial charge in [0.15, 0.2) is 5.78 Å². The number of ether oxygens (including phenoxy) is 3. The summed E-state index contributed by atoms with van der Waals surface area (Å²) >= 11 is 0. The van der Waals surface area contributed by atoms with Crippen LogP contribution in [0.2, 0.25) is 0 Å². The second kappa shape index (κ2) is 13.0. The molecule has 2 aromatic rings. The predicted molar refractivity (Wildman–Crippen MR) is 149 cm³/mol. The molecule has 10 heteroatoms. The molecule has 0 aromatic heterocycles. The van der Waals surface area contributed by atoms with Crippen molar-refractivity contribution in [1.29, 1.82) is 0 Å². The maximum atomic E-state index is 13.6. The van der Waals surface area contributed by atoms with Gasteiger partial charge < -0.3 is 30.2 Å². The summed E-state index contributed by atoms with van der Waals surface area (Å²) in [6, 6.07) is 13.6. The lowest BCUT2D eigenvalue weighted by atomic mass is 9.94. The number of hydrogen-bond donors (Lipinski definition) is 3. The van der Waals surface area contributed by atoms with Gasteiger partial charge in [0.2, 0.25) is 11.8 Å². The van der Waals surface area contributed by atoms with Crippen LogP contribution in [0.1, 0.15) is 45.7 Å². The Bertz CT molecular complexity index is 1190. The third-order valence-corrected chi connectivity index (χ3v) is 6.37. The molecule has 3 rings (SSSR count). The van der Waals surface area contributed by atoms with E-state index in [4.69, 9.17) is 14.2 Å². The number of benzene rings is 2. The number of alkyl carbamates (subject to hydrolysis) is 1. The minimum atomic E-state index is -1.04. The lowest BCUT2D eigenvalue weighted by molar-refractivity contribution is -0.133. The zero-order valence-electron chi connectivity index (χ0n) is 23.9. The number of hydrogen-bond acceptors (Lipinski definition) is 7. The van der Waals surface area contributed by atoms with Crippen molar-refractivity contribution in [3.05, 3.63) is 65.7 Å². The third-order valence-electron chi connectivity index (χ3n) is 6.37. The standard InChI is InChI=1S/C30H39N3O7/c1-19(31-28(37)40-29(2,3)4)26(35)33-24(17-21-12-14-22(38-6)15-13-21)27(36)32-23(25(34)30(5)18-39-30)16-20-10-8-7-9-11-20/h7-15,19,23-24H,16-18H2,1-6H3,(H,31,37)(H,32,36)(H,33,35)/t19?,23?,24-,30?/m0/s1. The molecule has 40 heavy (non-hydrogen) atoms. The van der Waals surface area contributed by atoms with Crippen molar-refractivity contribution >= 4 is 23.7 Å². The van der Waals surface area contributed by atoms with Crippen LogP contribution >= 0.6 is 0 Å². The minimum absolute atomic E-state index is 0.140. The summed E-state index contributed by atoms with van der Waals surface area (Å²) in [5.41, 5.74) is -0.0548. The van der Waals surface area contributed by atoms with Gasteiger partial charge in [-0.1, -0.05) is 42.5 Å². The molecular formula is C30H39N3O7. The number of epoxide rings is 1. The number of methoxy groups -OCH3 is 1. The van der Waals surface area contributed by atoms with E-state index in [9.17, 15) is 19.2 Å². The SMILES string of the molecule is COc1ccc(C[C@H](NC(=O)C(C)NC(=O)OC(C)(C)C)C(=O)NC(Cc2ccccc2)C(=O)C2(C)CO2)cc1. The Kier molecular flexibility index (Phi) is 9.92. The molecule has 3 unspecified atom stereocenters. The lowest BCUT2D eigenvalue weighted by Gasteiger charge is -2.26. The molecule has 1 aliphatic heterocycles. The fourth-order valence-electron chi connectivity index (χ4n) is 4.00. The van der Waals surface area contributed by atoms with E-state index in [0.717, 1.165) is 11.1 Å². The molecule has 1 saturated heterocycles. The van der Waals surface area contributed by atoms with Crippen LogP contribution in [-0.2, 0) is 36.7 Å². The number of nitrogens with one attached hydrogen (secondary N) is 3. The van der Waals surface area contributed by atoms with Gasteiger partial charge >= 0.3 is 6.09 Å². The van der Waals surface area contributed by atoms with Crippen molar-refractivity contribution in [2.75, 3.05) is 13.7 Å². The molecule has 0 radical (unpaired) electrons. The molecule has 10 nitrogen and oxygen atoms in total. The highest BCUT2D eigenvalue weighted by Gasteiger charge is 2.50. The van der Waals surface area contributed by atoms with Crippen LogP contribution in [0.25, 0.3) is 0 Å². The van der Waals surface area contributed by atoms with Gasteiger partial charge in [-0.3, -0.25) is 14.4 Å². The number of carbonyl (C=O) groups excluding carboxylic acids is 4. The first kappa shape index (κ1) is 30.6. The van der Waals surface area contributed by atoms with Crippen LogP contribution in [0.3, 0.4) is 0 Å². The Labute approximate surface area is 235 Å². The van der Waals surface area contributed by atoms with Gasteiger partial charge in [0.25, 0.3) is 0 Å². The fraction of sp³-hybridized carbons (Fsp3) is 0.467. The first-order chi connectivity index (χ1) is 18.8. The number of ketones is 1. The van der Waals surface area contributed by atoms with Gasteiger partial charge in [0, 0.05) is 6.42 Å². The van der Waals surface area contributed by atoms with E-state index in [1.807, 2.05) is 30.3 Å². The van der Waals surface area contributed by atoms with Gasteiger partial charge in [-0.15, -0.1) is 0 Å². The lowest BCUT2D eigenvalue weighted by Crippen LogP contribution is -2.57. The van der Waals surface area contributed by atoms with E-state index in [1.54, 1.807) is 59.1 Å². The average molecular weight is 554 g/mol. The van der Waals surface area contributed by atoms with E-state index in [2.05, 4.69) is 16.0 Å². The van der Waals surface area contributed by atoms with Crippen molar-refractivity contribution in [1.82, 2.24) is 16.0 Å². The first-order valence-electron chi connectivity index (χ1n) is 13.2. The van der Waals surface area contributed by atoms with Crippen LogP contribution < -0.4 is 20.7 Å². The monoisotopic (exact) mass is 553 g/mol. The van der Waals surface area contributed by atoms with E-state index >= 15 is 0 Å². The van der Waals surface area contributed by atoms with Gasteiger partial charge in [-0.25, -0.2) is 4.79 Å². The highest BCUT2D eigenvalue weighted by atomic mass is 16.6. The third kappa shape index (κ3) is 9.08. The normalized spacial score (nSPS) is 18.4. The average Bonchev–Trinajstić information content (AvgIpc) is 3.65. The molecule has 0 spiro atoms.